The molecule has 0 aliphatic heterocycles. The Balaban J connectivity index is 2.91. The molecule has 1 heterocycles. The van der Waals surface area contributed by atoms with Crippen molar-refractivity contribution in [2.75, 3.05) is 0 Å². The van der Waals surface area contributed by atoms with Gasteiger partial charge in [-0.05, 0) is 13.3 Å². The van der Waals surface area contributed by atoms with Gasteiger partial charge in [0.1, 0.15) is 0 Å². The fourth-order valence-electron chi connectivity index (χ4n) is 0.795. The van der Waals surface area contributed by atoms with E-state index in [0.29, 0.717) is 5.69 Å². The van der Waals surface area contributed by atoms with E-state index in [1.54, 1.807) is 19.3 Å². The SMILES string of the molecule is CCc1cncc([C@@H](C)O)n1. The van der Waals surface area contributed by atoms with Crippen LogP contribution in [-0.4, -0.2) is 15.1 Å². The summed E-state index contributed by atoms with van der Waals surface area (Å²) in [6, 6.07) is 0. The summed E-state index contributed by atoms with van der Waals surface area (Å²) in [5.74, 6) is 0. The van der Waals surface area contributed by atoms with Crippen molar-refractivity contribution in [1.82, 2.24) is 9.97 Å². The normalized spacial score (nSPS) is 13.0. The van der Waals surface area contributed by atoms with Crippen LogP contribution in [0.15, 0.2) is 12.4 Å². The van der Waals surface area contributed by atoms with Gasteiger partial charge in [-0.15, -0.1) is 0 Å². The fraction of sp³-hybridized carbons (Fsp3) is 0.500. The molecule has 1 aromatic rings. The topological polar surface area (TPSA) is 46.0 Å². The van der Waals surface area contributed by atoms with E-state index in [1.165, 1.54) is 0 Å². The molecule has 1 atom stereocenters. The summed E-state index contributed by atoms with van der Waals surface area (Å²) in [5, 5.41) is 9.14. The number of aliphatic hydroxyl groups is 1. The van der Waals surface area contributed by atoms with Crippen LogP contribution in [0.25, 0.3) is 0 Å². The van der Waals surface area contributed by atoms with Crippen molar-refractivity contribution in [3.8, 4) is 0 Å². The number of nitrogens with zero attached hydrogens (tertiary/aromatic N) is 2. The van der Waals surface area contributed by atoms with Crippen molar-refractivity contribution < 1.29 is 5.11 Å². The molecule has 0 radical (unpaired) electrons. The maximum absolute atomic E-state index is 9.14. The van der Waals surface area contributed by atoms with E-state index in [-0.39, 0.29) is 0 Å². The minimum atomic E-state index is -0.519. The van der Waals surface area contributed by atoms with Crippen LogP contribution in [0.2, 0.25) is 0 Å². The molecule has 0 fully saturated rings. The number of rotatable bonds is 2. The minimum absolute atomic E-state index is 0.519. The highest BCUT2D eigenvalue weighted by atomic mass is 16.3. The first kappa shape index (κ1) is 8.14. The number of hydrogen-bond acceptors (Lipinski definition) is 3. The number of aromatic nitrogens is 2. The Hall–Kier alpha value is -0.960. The Morgan fingerprint density at radius 1 is 1.55 bits per heavy atom. The molecule has 1 N–H and O–H groups in total. The van der Waals surface area contributed by atoms with Crippen molar-refractivity contribution in [2.24, 2.45) is 0 Å². The number of hydrogen-bond donors (Lipinski definition) is 1. The molecule has 3 heteroatoms. The van der Waals surface area contributed by atoms with Crippen LogP contribution in [0.4, 0.5) is 0 Å². The molecular formula is C8H12N2O. The quantitative estimate of drug-likeness (QED) is 0.690. The first-order valence-corrected chi connectivity index (χ1v) is 3.73. The van der Waals surface area contributed by atoms with Gasteiger partial charge in [0.15, 0.2) is 0 Å². The molecule has 0 bridgehead atoms. The predicted octanol–water partition coefficient (Wildman–Crippen LogP) is 1.09. The zero-order chi connectivity index (χ0) is 8.27. The standard InChI is InChI=1S/C8H12N2O/c1-3-7-4-9-5-8(10-7)6(2)11/h4-6,11H,3H2,1-2H3/t6-/m1/s1. The largest absolute Gasteiger partial charge is 0.387 e. The van der Waals surface area contributed by atoms with Gasteiger partial charge < -0.3 is 5.11 Å². The molecule has 0 unspecified atom stereocenters. The van der Waals surface area contributed by atoms with Crippen molar-refractivity contribution in [2.45, 2.75) is 26.4 Å². The van der Waals surface area contributed by atoms with Crippen LogP contribution >= 0.6 is 0 Å². The molecule has 0 spiro atoms. The molecule has 0 aliphatic carbocycles. The van der Waals surface area contributed by atoms with Crippen LogP contribution in [0.1, 0.15) is 31.3 Å². The maximum Gasteiger partial charge on any atom is 0.0947 e. The summed E-state index contributed by atoms with van der Waals surface area (Å²) >= 11 is 0. The molecule has 3 nitrogen and oxygen atoms in total. The van der Waals surface area contributed by atoms with Gasteiger partial charge in [-0.2, -0.15) is 0 Å². The van der Waals surface area contributed by atoms with E-state index in [4.69, 9.17) is 5.11 Å². The Bertz CT molecular complexity index is 235. The lowest BCUT2D eigenvalue weighted by molar-refractivity contribution is 0.193. The Labute approximate surface area is 66.1 Å². The zero-order valence-corrected chi connectivity index (χ0v) is 6.78. The molecule has 0 aromatic carbocycles. The monoisotopic (exact) mass is 152 g/mol. The van der Waals surface area contributed by atoms with E-state index in [0.717, 1.165) is 12.1 Å². The third-order valence-electron chi connectivity index (χ3n) is 1.49. The van der Waals surface area contributed by atoms with Gasteiger partial charge >= 0.3 is 0 Å². The lowest BCUT2D eigenvalue weighted by Gasteiger charge is -2.03. The average molecular weight is 152 g/mol. The van der Waals surface area contributed by atoms with E-state index < -0.39 is 6.10 Å². The summed E-state index contributed by atoms with van der Waals surface area (Å²) in [7, 11) is 0. The highest BCUT2D eigenvalue weighted by molar-refractivity contribution is 5.04. The molecule has 1 rings (SSSR count). The fourth-order valence-corrected chi connectivity index (χ4v) is 0.795. The first-order chi connectivity index (χ1) is 5.24. The summed E-state index contributed by atoms with van der Waals surface area (Å²) in [4.78, 5) is 8.13. The molecule has 0 aliphatic rings. The van der Waals surface area contributed by atoms with Crippen molar-refractivity contribution in [3.63, 3.8) is 0 Å². The molecular weight excluding hydrogens is 140 g/mol. The van der Waals surface area contributed by atoms with Crippen LogP contribution in [-0.2, 0) is 6.42 Å². The minimum Gasteiger partial charge on any atom is -0.387 e. The van der Waals surface area contributed by atoms with Gasteiger partial charge in [-0.3, -0.25) is 9.97 Å². The van der Waals surface area contributed by atoms with E-state index >= 15 is 0 Å². The van der Waals surface area contributed by atoms with E-state index in [1.807, 2.05) is 6.92 Å². The maximum atomic E-state index is 9.14. The molecule has 0 saturated carbocycles. The summed E-state index contributed by atoms with van der Waals surface area (Å²) in [5.41, 5.74) is 1.56. The lowest BCUT2D eigenvalue weighted by atomic mass is 10.3. The van der Waals surface area contributed by atoms with Crippen molar-refractivity contribution in [1.29, 1.82) is 0 Å². The second kappa shape index (κ2) is 3.44. The smallest absolute Gasteiger partial charge is 0.0947 e. The average Bonchev–Trinajstić information content (AvgIpc) is 2.05. The van der Waals surface area contributed by atoms with E-state index in [9.17, 15) is 0 Å². The highest BCUT2D eigenvalue weighted by Crippen LogP contribution is 2.07. The Kier molecular flexibility index (Phi) is 2.54. The molecule has 60 valence electrons. The van der Waals surface area contributed by atoms with Crippen LogP contribution < -0.4 is 0 Å². The van der Waals surface area contributed by atoms with Crippen LogP contribution in [0, 0.1) is 0 Å². The zero-order valence-electron chi connectivity index (χ0n) is 6.78. The van der Waals surface area contributed by atoms with Crippen LogP contribution in [0.5, 0.6) is 0 Å². The number of aryl methyl sites for hydroxylation is 1. The van der Waals surface area contributed by atoms with Crippen molar-refractivity contribution in [3.05, 3.63) is 23.8 Å². The second-order valence-corrected chi connectivity index (χ2v) is 2.46. The summed E-state index contributed by atoms with van der Waals surface area (Å²) in [6.07, 6.45) is 3.64. The number of aliphatic hydroxyl groups excluding tert-OH is 1. The second-order valence-electron chi connectivity index (χ2n) is 2.46. The summed E-state index contributed by atoms with van der Waals surface area (Å²) in [6.45, 7) is 3.69. The first-order valence-electron chi connectivity index (χ1n) is 3.73. The van der Waals surface area contributed by atoms with Gasteiger partial charge in [0.05, 0.1) is 23.7 Å². The van der Waals surface area contributed by atoms with Crippen molar-refractivity contribution >= 4 is 0 Å². The molecule has 0 amide bonds. The van der Waals surface area contributed by atoms with Gasteiger partial charge in [0, 0.05) is 6.20 Å². The molecule has 0 saturated heterocycles. The third-order valence-corrected chi connectivity index (χ3v) is 1.49. The van der Waals surface area contributed by atoms with Crippen LogP contribution in [0.3, 0.4) is 0 Å². The lowest BCUT2D eigenvalue weighted by Crippen LogP contribution is -1.99. The highest BCUT2D eigenvalue weighted by Gasteiger charge is 2.02. The van der Waals surface area contributed by atoms with Gasteiger partial charge in [-0.25, -0.2) is 0 Å². The Morgan fingerprint density at radius 3 is 2.82 bits per heavy atom. The van der Waals surface area contributed by atoms with Gasteiger partial charge in [0.2, 0.25) is 0 Å². The summed E-state index contributed by atoms with van der Waals surface area (Å²) < 4.78 is 0. The Morgan fingerprint density at radius 2 is 2.27 bits per heavy atom. The third kappa shape index (κ3) is 1.98. The van der Waals surface area contributed by atoms with Gasteiger partial charge in [0.25, 0.3) is 0 Å². The molecule has 1 aromatic heterocycles. The van der Waals surface area contributed by atoms with Gasteiger partial charge in [-0.1, -0.05) is 6.92 Å². The van der Waals surface area contributed by atoms with E-state index in [2.05, 4.69) is 9.97 Å². The predicted molar refractivity (Wildman–Crippen MR) is 42.0 cm³/mol. The molecule has 11 heavy (non-hydrogen) atoms.